The second-order valence-electron chi connectivity index (χ2n) is 8.29. The molecular formula is C26H32O5. The quantitative estimate of drug-likeness (QED) is 0.253. The lowest BCUT2D eigenvalue weighted by Gasteiger charge is -2.11. The number of fused-ring (bicyclic) bond motifs is 1. The molecule has 3 aromatic rings. The molecule has 2 aromatic carbocycles. The van der Waals surface area contributed by atoms with Crippen molar-refractivity contribution in [3.05, 3.63) is 51.7 Å². The zero-order valence-electron chi connectivity index (χ0n) is 18.4. The van der Waals surface area contributed by atoms with E-state index < -0.39 is 16.9 Å². The first-order valence-electron chi connectivity index (χ1n) is 11.2. The van der Waals surface area contributed by atoms with Gasteiger partial charge < -0.3 is 19.7 Å². The monoisotopic (exact) mass is 424 g/mol. The summed E-state index contributed by atoms with van der Waals surface area (Å²) in [7, 11) is 0. The highest BCUT2D eigenvalue weighted by Crippen LogP contribution is 2.41. The zero-order chi connectivity index (χ0) is 22.4. The number of aromatic hydroxyl groups is 3. The predicted octanol–water partition coefficient (Wildman–Crippen LogP) is 6.57. The predicted molar refractivity (Wildman–Crippen MR) is 124 cm³/mol. The number of hydrogen-bond donors (Lipinski definition) is 3. The van der Waals surface area contributed by atoms with Gasteiger partial charge in [0, 0.05) is 0 Å². The summed E-state index contributed by atoms with van der Waals surface area (Å²) < 4.78 is 5.84. The van der Waals surface area contributed by atoms with E-state index in [0.717, 1.165) is 18.4 Å². The third kappa shape index (κ3) is 5.22. The highest BCUT2D eigenvalue weighted by molar-refractivity contribution is 5.84. The molecule has 0 saturated heterocycles. The second kappa shape index (κ2) is 10.4. The van der Waals surface area contributed by atoms with Gasteiger partial charge >= 0.3 is 0 Å². The minimum Gasteiger partial charge on any atom is -0.504 e. The molecule has 0 aliphatic heterocycles. The smallest absolute Gasteiger partial charge is 0.235 e. The number of rotatable bonds is 10. The molecule has 3 rings (SSSR count). The van der Waals surface area contributed by atoms with Crippen LogP contribution < -0.4 is 5.43 Å². The van der Waals surface area contributed by atoms with E-state index in [9.17, 15) is 20.1 Å². The molecular weight excluding hydrogens is 392 g/mol. The lowest BCUT2D eigenvalue weighted by Crippen LogP contribution is -2.03. The summed E-state index contributed by atoms with van der Waals surface area (Å²) in [6, 6.07) is 8.50. The van der Waals surface area contributed by atoms with Crippen molar-refractivity contribution in [3.63, 3.8) is 0 Å². The molecule has 0 spiro atoms. The van der Waals surface area contributed by atoms with Crippen LogP contribution in [0.5, 0.6) is 17.2 Å². The number of aryl methyl sites for hydroxylation is 2. The fraction of sp³-hybridized carbons (Fsp3) is 0.423. The Bertz CT molecular complexity index is 1100. The van der Waals surface area contributed by atoms with Gasteiger partial charge in [-0.05, 0) is 49.1 Å². The molecule has 166 valence electrons. The largest absolute Gasteiger partial charge is 0.504 e. The minimum absolute atomic E-state index is 0.0769. The first-order valence-corrected chi connectivity index (χ1v) is 11.2. The van der Waals surface area contributed by atoms with Crippen molar-refractivity contribution in [1.82, 2.24) is 0 Å². The van der Waals surface area contributed by atoms with Crippen molar-refractivity contribution in [2.75, 3.05) is 0 Å². The molecule has 5 nitrogen and oxygen atoms in total. The second-order valence-corrected chi connectivity index (χ2v) is 8.29. The van der Waals surface area contributed by atoms with E-state index in [1.807, 2.05) is 12.1 Å². The molecule has 0 saturated carbocycles. The van der Waals surface area contributed by atoms with Crippen molar-refractivity contribution < 1.29 is 19.7 Å². The molecule has 31 heavy (non-hydrogen) atoms. The molecule has 3 N–H and O–H groups in total. The van der Waals surface area contributed by atoms with Crippen molar-refractivity contribution in [3.8, 4) is 28.6 Å². The van der Waals surface area contributed by atoms with Gasteiger partial charge in [0.05, 0.1) is 10.9 Å². The zero-order valence-corrected chi connectivity index (χ0v) is 18.4. The van der Waals surface area contributed by atoms with Gasteiger partial charge in [-0.15, -0.1) is 0 Å². The average molecular weight is 425 g/mol. The van der Waals surface area contributed by atoms with Gasteiger partial charge in [-0.3, -0.25) is 4.79 Å². The molecule has 0 atom stereocenters. The Hall–Kier alpha value is -2.95. The fourth-order valence-corrected chi connectivity index (χ4v) is 3.89. The van der Waals surface area contributed by atoms with Crippen LogP contribution in [-0.2, 0) is 6.42 Å². The van der Waals surface area contributed by atoms with Crippen LogP contribution in [-0.4, -0.2) is 15.3 Å². The SMILES string of the molecule is CCCCCCCCCCc1ccc2c(=O)c(O)c(-c3ccc(C)c(O)c3O)oc2c1. The maximum atomic E-state index is 12.6. The Kier molecular flexibility index (Phi) is 7.61. The molecule has 0 aliphatic rings. The van der Waals surface area contributed by atoms with Crippen LogP contribution in [0.3, 0.4) is 0 Å². The Morgan fingerprint density at radius 2 is 1.48 bits per heavy atom. The van der Waals surface area contributed by atoms with Crippen molar-refractivity contribution in [1.29, 1.82) is 0 Å². The van der Waals surface area contributed by atoms with Crippen LogP contribution in [0.4, 0.5) is 0 Å². The maximum Gasteiger partial charge on any atom is 0.235 e. The molecule has 1 heterocycles. The molecule has 0 unspecified atom stereocenters. The van der Waals surface area contributed by atoms with Crippen LogP contribution in [0.2, 0.25) is 0 Å². The van der Waals surface area contributed by atoms with Crippen LogP contribution in [0, 0.1) is 6.92 Å². The van der Waals surface area contributed by atoms with E-state index in [0.29, 0.717) is 11.1 Å². The molecule has 0 amide bonds. The Labute approximate surface area is 183 Å². The van der Waals surface area contributed by atoms with Gasteiger partial charge in [-0.1, -0.05) is 64.0 Å². The highest BCUT2D eigenvalue weighted by Gasteiger charge is 2.20. The molecule has 0 fully saturated rings. The molecule has 5 heteroatoms. The average Bonchev–Trinajstić information content (AvgIpc) is 2.77. The number of phenolic OH excluding ortho intramolecular Hbond substituents is 2. The van der Waals surface area contributed by atoms with Crippen LogP contribution >= 0.6 is 0 Å². The van der Waals surface area contributed by atoms with E-state index in [2.05, 4.69) is 6.92 Å². The fourth-order valence-electron chi connectivity index (χ4n) is 3.89. The third-order valence-electron chi connectivity index (χ3n) is 5.85. The topological polar surface area (TPSA) is 90.9 Å². The van der Waals surface area contributed by atoms with Gasteiger partial charge in [-0.25, -0.2) is 0 Å². The standard InChI is InChI=1S/C26H32O5/c1-3-4-5-6-7-8-9-10-11-18-13-15-19-21(16-18)31-26(25(30)23(19)28)20-14-12-17(2)22(27)24(20)29/h12-16,27,29-30H,3-11H2,1-2H3. The summed E-state index contributed by atoms with van der Waals surface area (Å²) in [5, 5.41) is 31.0. The first-order chi connectivity index (χ1) is 14.9. The summed E-state index contributed by atoms with van der Waals surface area (Å²) in [6.07, 6.45) is 10.9. The number of benzene rings is 2. The van der Waals surface area contributed by atoms with Gasteiger partial charge in [0.1, 0.15) is 5.58 Å². The maximum absolute atomic E-state index is 12.6. The van der Waals surface area contributed by atoms with Crippen molar-refractivity contribution in [2.24, 2.45) is 0 Å². The van der Waals surface area contributed by atoms with E-state index in [1.165, 1.54) is 51.0 Å². The van der Waals surface area contributed by atoms with Gasteiger partial charge in [0.15, 0.2) is 17.3 Å². The van der Waals surface area contributed by atoms with Gasteiger partial charge in [0.25, 0.3) is 0 Å². The Morgan fingerprint density at radius 3 is 2.19 bits per heavy atom. The van der Waals surface area contributed by atoms with Gasteiger partial charge in [-0.2, -0.15) is 0 Å². The third-order valence-corrected chi connectivity index (χ3v) is 5.85. The van der Waals surface area contributed by atoms with Crippen molar-refractivity contribution in [2.45, 2.75) is 71.6 Å². The number of unbranched alkanes of at least 4 members (excludes halogenated alkanes) is 7. The van der Waals surface area contributed by atoms with E-state index in [-0.39, 0.29) is 22.5 Å². The lowest BCUT2D eigenvalue weighted by molar-refractivity contribution is 0.399. The van der Waals surface area contributed by atoms with Crippen LogP contribution in [0.25, 0.3) is 22.3 Å². The summed E-state index contributed by atoms with van der Waals surface area (Å²) in [6.45, 7) is 3.87. The summed E-state index contributed by atoms with van der Waals surface area (Å²) in [5.74, 6) is -1.45. The lowest BCUT2D eigenvalue weighted by atomic mass is 10.0. The van der Waals surface area contributed by atoms with Crippen LogP contribution in [0.15, 0.2) is 39.5 Å². The number of hydrogen-bond acceptors (Lipinski definition) is 5. The molecule has 0 aliphatic carbocycles. The molecule has 1 aromatic heterocycles. The van der Waals surface area contributed by atoms with Crippen LogP contribution in [0.1, 0.15) is 69.4 Å². The van der Waals surface area contributed by atoms with Gasteiger partial charge in [0.2, 0.25) is 11.2 Å². The summed E-state index contributed by atoms with van der Waals surface area (Å²) in [4.78, 5) is 12.6. The van der Waals surface area contributed by atoms with E-state index in [4.69, 9.17) is 4.42 Å². The van der Waals surface area contributed by atoms with Crippen molar-refractivity contribution >= 4 is 11.0 Å². The Balaban J connectivity index is 1.77. The van der Waals surface area contributed by atoms with E-state index >= 15 is 0 Å². The minimum atomic E-state index is -0.582. The Morgan fingerprint density at radius 1 is 0.806 bits per heavy atom. The summed E-state index contributed by atoms with van der Waals surface area (Å²) >= 11 is 0. The summed E-state index contributed by atoms with van der Waals surface area (Å²) in [5.41, 5.74) is 1.42. The normalized spacial score (nSPS) is 11.3. The highest BCUT2D eigenvalue weighted by atomic mass is 16.4. The molecule has 0 bridgehead atoms. The van der Waals surface area contributed by atoms with E-state index in [1.54, 1.807) is 19.1 Å². The molecule has 0 radical (unpaired) electrons. The number of phenols is 2. The first kappa shape index (κ1) is 22.7.